The molecule has 2 aromatic carbocycles. The summed E-state index contributed by atoms with van der Waals surface area (Å²) in [5.74, 6) is 2.06. The van der Waals surface area contributed by atoms with Crippen molar-refractivity contribution >= 4 is 28.1 Å². The molecule has 1 unspecified atom stereocenters. The van der Waals surface area contributed by atoms with Crippen molar-refractivity contribution in [3.8, 4) is 11.5 Å². The maximum absolute atomic E-state index is 13.0. The van der Waals surface area contributed by atoms with E-state index in [1.54, 1.807) is 17.5 Å². The van der Waals surface area contributed by atoms with Crippen molar-refractivity contribution in [3.63, 3.8) is 0 Å². The van der Waals surface area contributed by atoms with Gasteiger partial charge in [-0.1, -0.05) is 31.2 Å². The van der Waals surface area contributed by atoms with Gasteiger partial charge in [0, 0.05) is 22.2 Å². The third-order valence-electron chi connectivity index (χ3n) is 5.67. The minimum atomic E-state index is -0.258. The molecule has 172 valence electrons. The van der Waals surface area contributed by atoms with Crippen molar-refractivity contribution in [2.24, 2.45) is 0 Å². The number of pyridine rings is 1. The van der Waals surface area contributed by atoms with Gasteiger partial charge in [-0.05, 0) is 66.9 Å². The zero-order chi connectivity index (χ0) is 23.5. The molecule has 6 nitrogen and oxygen atoms in total. The molecule has 0 fully saturated rings. The van der Waals surface area contributed by atoms with Crippen LogP contribution in [0.1, 0.15) is 44.9 Å². The SMILES string of the molecule is CCc1cc(C(Nc2cc(C)ccn2)c2ccc3c(c2)OCO3)c(NC(=O)c2ccccc2)s1. The number of amides is 1. The highest BCUT2D eigenvalue weighted by Gasteiger charge is 2.25. The molecule has 0 radical (unpaired) electrons. The summed E-state index contributed by atoms with van der Waals surface area (Å²) in [5, 5.41) is 7.54. The molecule has 4 aromatic rings. The Hall–Kier alpha value is -3.84. The number of aromatic nitrogens is 1. The summed E-state index contributed by atoms with van der Waals surface area (Å²) in [6, 6.07) is 21.1. The molecule has 2 aromatic heterocycles. The molecule has 1 amide bonds. The Bertz CT molecular complexity index is 1320. The smallest absolute Gasteiger partial charge is 0.256 e. The molecule has 0 saturated heterocycles. The molecule has 5 rings (SSSR count). The van der Waals surface area contributed by atoms with Gasteiger partial charge in [-0.25, -0.2) is 4.98 Å². The maximum Gasteiger partial charge on any atom is 0.256 e. The fourth-order valence-electron chi connectivity index (χ4n) is 3.91. The monoisotopic (exact) mass is 471 g/mol. The second-order valence-corrected chi connectivity index (χ2v) is 9.22. The van der Waals surface area contributed by atoms with Crippen molar-refractivity contribution in [1.29, 1.82) is 0 Å². The number of rotatable bonds is 7. The first kappa shape index (κ1) is 22.0. The lowest BCUT2D eigenvalue weighted by Crippen LogP contribution is -2.17. The fourth-order valence-corrected chi connectivity index (χ4v) is 4.94. The summed E-state index contributed by atoms with van der Waals surface area (Å²) < 4.78 is 11.2. The van der Waals surface area contributed by atoms with Gasteiger partial charge in [0.1, 0.15) is 10.8 Å². The lowest BCUT2D eigenvalue weighted by molar-refractivity contribution is 0.102. The number of ether oxygens (including phenoxy) is 2. The van der Waals surface area contributed by atoms with Crippen molar-refractivity contribution in [3.05, 3.63) is 100 Å². The van der Waals surface area contributed by atoms with Gasteiger partial charge < -0.3 is 20.1 Å². The van der Waals surface area contributed by atoms with Gasteiger partial charge in [-0.15, -0.1) is 11.3 Å². The molecule has 7 heteroatoms. The molecule has 0 bridgehead atoms. The van der Waals surface area contributed by atoms with E-state index in [1.807, 2.05) is 67.6 Å². The van der Waals surface area contributed by atoms with Crippen LogP contribution in [0.3, 0.4) is 0 Å². The number of fused-ring (bicyclic) bond motifs is 1. The summed E-state index contributed by atoms with van der Waals surface area (Å²) in [6.07, 6.45) is 2.66. The van der Waals surface area contributed by atoms with Crippen molar-refractivity contribution in [1.82, 2.24) is 4.98 Å². The van der Waals surface area contributed by atoms with E-state index >= 15 is 0 Å². The minimum absolute atomic E-state index is 0.135. The highest BCUT2D eigenvalue weighted by atomic mass is 32.1. The summed E-state index contributed by atoms with van der Waals surface area (Å²) in [7, 11) is 0. The number of carbonyl (C=O) groups excluding carboxylic acids is 1. The Morgan fingerprint density at radius 3 is 2.68 bits per heavy atom. The zero-order valence-electron chi connectivity index (χ0n) is 19.0. The van der Waals surface area contributed by atoms with Crippen LogP contribution in [-0.2, 0) is 6.42 Å². The second kappa shape index (κ2) is 9.57. The molecule has 1 atom stereocenters. The van der Waals surface area contributed by atoms with Crippen LogP contribution in [0.25, 0.3) is 0 Å². The summed E-state index contributed by atoms with van der Waals surface area (Å²) in [5.41, 5.74) is 3.70. The first-order chi connectivity index (χ1) is 16.6. The lowest BCUT2D eigenvalue weighted by atomic mass is 9.99. The van der Waals surface area contributed by atoms with Crippen LogP contribution in [0, 0.1) is 6.92 Å². The van der Waals surface area contributed by atoms with E-state index in [0.29, 0.717) is 11.3 Å². The Labute approximate surface area is 202 Å². The standard InChI is InChI=1S/C27H25N3O3S/c1-3-20-15-21(27(34-20)30-26(31)18-7-5-4-6-8-18)25(29-24-13-17(2)11-12-28-24)19-9-10-22-23(14-19)33-16-32-22/h4-15,25H,3,16H2,1-2H3,(H,28,29)(H,30,31). The Kier molecular flexibility index (Phi) is 6.18. The zero-order valence-corrected chi connectivity index (χ0v) is 19.8. The average Bonchev–Trinajstić information content (AvgIpc) is 3.49. The molecule has 1 aliphatic rings. The van der Waals surface area contributed by atoms with Gasteiger partial charge in [-0.2, -0.15) is 0 Å². The molecular weight excluding hydrogens is 446 g/mol. The maximum atomic E-state index is 13.0. The number of anilines is 2. The molecule has 3 heterocycles. The summed E-state index contributed by atoms with van der Waals surface area (Å²) >= 11 is 1.60. The number of nitrogens with one attached hydrogen (secondary N) is 2. The van der Waals surface area contributed by atoms with E-state index in [4.69, 9.17) is 9.47 Å². The highest BCUT2D eigenvalue weighted by Crippen LogP contribution is 2.41. The van der Waals surface area contributed by atoms with Crippen LogP contribution >= 0.6 is 11.3 Å². The second-order valence-electron chi connectivity index (χ2n) is 8.08. The number of hydrogen-bond acceptors (Lipinski definition) is 6. The number of benzene rings is 2. The van der Waals surface area contributed by atoms with Crippen LogP contribution in [0.5, 0.6) is 11.5 Å². The van der Waals surface area contributed by atoms with Crippen molar-refractivity contribution < 1.29 is 14.3 Å². The van der Waals surface area contributed by atoms with Crippen molar-refractivity contribution in [2.45, 2.75) is 26.3 Å². The normalized spacial score (nSPS) is 12.9. The number of aryl methyl sites for hydroxylation is 2. The summed E-state index contributed by atoms with van der Waals surface area (Å²) in [6.45, 7) is 4.37. The van der Waals surface area contributed by atoms with Gasteiger partial charge >= 0.3 is 0 Å². The third-order valence-corrected chi connectivity index (χ3v) is 6.88. The Morgan fingerprint density at radius 2 is 1.88 bits per heavy atom. The number of nitrogens with zero attached hydrogens (tertiary/aromatic N) is 1. The van der Waals surface area contributed by atoms with Gasteiger partial charge in [0.15, 0.2) is 11.5 Å². The predicted molar refractivity (Wildman–Crippen MR) is 135 cm³/mol. The van der Waals surface area contributed by atoms with E-state index in [0.717, 1.165) is 39.7 Å². The minimum Gasteiger partial charge on any atom is -0.454 e. The molecule has 2 N–H and O–H groups in total. The number of carbonyl (C=O) groups is 1. The molecule has 34 heavy (non-hydrogen) atoms. The molecule has 0 saturated carbocycles. The van der Waals surface area contributed by atoms with Gasteiger partial charge in [0.2, 0.25) is 6.79 Å². The van der Waals surface area contributed by atoms with E-state index < -0.39 is 0 Å². The van der Waals surface area contributed by atoms with E-state index in [9.17, 15) is 4.79 Å². The van der Waals surface area contributed by atoms with Gasteiger partial charge in [0.25, 0.3) is 5.91 Å². The van der Waals surface area contributed by atoms with E-state index in [2.05, 4.69) is 28.6 Å². The quantitative estimate of drug-likeness (QED) is 0.336. The first-order valence-corrected chi connectivity index (χ1v) is 12.0. The largest absolute Gasteiger partial charge is 0.454 e. The van der Waals surface area contributed by atoms with Crippen molar-refractivity contribution in [2.75, 3.05) is 17.4 Å². The average molecular weight is 472 g/mol. The third kappa shape index (κ3) is 4.61. The Morgan fingerprint density at radius 1 is 1.06 bits per heavy atom. The van der Waals surface area contributed by atoms with Gasteiger partial charge in [-0.3, -0.25) is 4.79 Å². The van der Waals surface area contributed by atoms with Crippen LogP contribution in [0.15, 0.2) is 72.9 Å². The summed E-state index contributed by atoms with van der Waals surface area (Å²) in [4.78, 5) is 18.7. The lowest BCUT2D eigenvalue weighted by Gasteiger charge is -2.21. The highest BCUT2D eigenvalue weighted by molar-refractivity contribution is 7.16. The molecule has 1 aliphatic heterocycles. The topological polar surface area (TPSA) is 72.5 Å². The predicted octanol–water partition coefficient (Wildman–Crippen LogP) is 6.20. The molecular formula is C27H25N3O3S. The number of thiophene rings is 1. The van der Waals surface area contributed by atoms with Gasteiger partial charge in [0.05, 0.1) is 6.04 Å². The van der Waals surface area contributed by atoms with Crippen LogP contribution in [0.4, 0.5) is 10.8 Å². The first-order valence-electron chi connectivity index (χ1n) is 11.2. The fraction of sp³-hybridized carbons (Fsp3) is 0.185. The van der Waals surface area contributed by atoms with Crippen LogP contribution < -0.4 is 20.1 Å². The van der Waals surface area contributed by atoms with Crippen LogP contribution in [-0.4, -0.2) is 17.7 Å². The molecule has 0 spiro atoms. The van der Waals surface area contributed by atoms with Crippen LogP contribution in [0.2, 0.25) is 0 Å². The molecule has 0 aliphatic carbocycles. The van der Waals surface area contributed by atoms with E-state index in [-0.39, 0.29) is 18.7 Å². The van der Waals surface area contributed by atoms with E-state index in [1.165, 1.54) is 4.88 Å². The Balaban J connectivity index is 1.56. The number of hydrogen-bond donors (Lipinski definition) is 2.